The summed E-state index contributed by atoms with van der Waals surface area (Å²) in [5, 5.41) is 5.05. The van der Waals surface area contributed by atoms with Crippen LogP contribution in [0, 0.1) is 0 Å². The normalized spacial score (nSPS) is 17.4. The number of pyridine rings is 1. The minimum atomic E-state index is 0.455. The van der Waals surface area contributed by atoms with Gasteiger partial charge in [0.25, 0.3) is 0 Å². The number of hydrogen-bond donors (Lipinski definition) is 1. The van der Waals surface area contributed by atoms with Crippen molar-refractivity contribution in [3.05, 3.63) is 41.3 Å². The highest BCUT2D eigenvalue weighted by Gasteiger charge is 2.21. The summed E-state index contributed by atoms with van der Waals surface area (Å²) in [5.41, 5.74) is 6.81. The number of nitrogens with zero attached hydrogens (tertiary/aromatic N) is 4. The van der Waals surface area contributed by atoms with E-state index in [1.54, 1.807) is 12.4 Å². The molecule has 0 atom stereocenters. The van der Waals surface area contributed by atoms with Crippen LogP contribution in [0.1, 0.15) is 24.4 Å². The van der Waals surface area contributed by atoms with E-state index in [0.717, 1.165) is 43.1 Å². The third-order valence-electron chi connectivity index (χ3n) is 3.81. The maximum absolute atomic E-state index is 6.15. The molecule has 2 N–H and O–H groups in total. The predicted octanol–water partition coefficient (Wildman–Crippen LogP) is 2.35. The van der Waals surface area contributed by atoms with E-state index in [9.17, 15) is 0 Å². The van der Waals surface area contributed by atoms with Crippen LogP contribution in [-0.2, 0) is 6.54 Å². The first-order chi connectivity index (χ1) is 9.72. The fourth-order valence-corrected chi connectivity index (χ4v) is 2.85. The number of halogens is 1. The van der Waals surface area contributed by atoms with Gasteiger partial charge in [0.1, 0.15) is 5.82 Å². The molecular weight excluding hydrogens is 274 g/mol. The zero-order chi connectivity index (χ0) is 13.9. The van der Waals surface area contributed by atoms with Crippen molar-refractivity contribution in [2.75, 3.05) is 18.8 Å². The highest BCUT2D eigenvalue weighted by Crippen LogP contribution is 2.24. The number of nitrogen functional groups attached to an aromatic ring is 1. The molecule has 1 saturated heterocycles. The van der Waals surface area contributed by atoms with Crippen LogP contribution >= 0.6 is 11.6 Å². The quantitative estimate of drug-likeness (QED) is 0.943. The van der Waals surface area contributed by atoms with Crippen LogP contribution in [0.3, 0.4) is 0 Å². The largest absolute Gasteiger partial charge is 0.382 e. The molecule has 1 fully saturated rings. The van der Waals surface area contributed by atoms with Crippen LogP contribution in [-0.4, -0.2) is 32.8 Å². The number of likely N-dealkylation sites (tertiary alicyclic amines) is 1. The van der Waals surface area contributed by atoms with E-state index in [-0.39, 0.29) is 0 Å². The Kier molecular flexibility index (Phi) is 3.89. The Morgan fingerprint density at radius 3 is 2.75 bits per heavy atom. The average Bonchev–Trinajstić information content (AvgIpc) is 2.89. The highest BCUT2D eigenvalue weighted by molar-refractivity contribution is 6.31. The number of hydrogen-bond acceptors (Lipinski definition) is 4. The molecule has 0 radical (unpaired) electrons. The molecule has 5 nitrogen and oxygen atoms in total. The number of nitrogens with two attached hydrogens (primary N) is 1. The van der Waals surface area contributed by atoms with Crippen molar-refractivity contribution in [1.29, 1.82) is 0 Å². The van der Waals surface area contributed by atoms with Crippen molar-refractivity contribution < 1.29 is 0 Å². The molecule has 0 unspecified atom stereocenters. The van der Waals surface area contributed by atoms with E-state index < -0.39 is 0 Å². The Morgan fingerprint density at radius 1 is 1.30 bits per heavy atom. The molecule has 2 aromatic rings. The fraction of sp³-hybridized carbons (Fsp3) is 0.429. The van der Waals surface area contributed by atoms with Crippen molar-refractivity contribution in [1.82, 2.24) is 19.7 Å². The van der Waals surface area contributed by atoms with Gasteiger partial charge in [-0.1, -0.05) is 11.6 Å². The molecule has 0 aromatic carbocycles. The van der Waals surface area contributed by atoms with Gasteiger partial charge in [-0.15, -0.1) is 0 Å². The number of aromatic nitrogens is 3. The molecule has 20 heavy (non-hydrogen) atoms. The summed E-state index contributed by atoms with van der Waals surface area (Å²) in [6, 6.07) is 4.29. The molecule has 0 saturated carbocycles. The minimum Gasteiger partial charge on any atom is -0.382 e. The smallest absolute Gasteiger partial charge is 0.145 e. The summed E-state index contributed by atoms with van der Waals surface area (Å²) in [7, 11) is 0. The molecule has 2 aromatic heterocycles. The molecule has 0 bridgehead atoms. The van der Waals surface area contributed by atoms with Crippen LogP contribution in [0.4, 0.5) is 5.82 Å². The van der Waals surface area contributed by atoms with Crippen molar-refractivity contribution in [2.45, 2.75) is 25.4 Å². The highest BCUT2D eigenvalue weighted by atomic mass is 35.5. The van der Waals surface area contributed by atoms with Crippen LogP contribution < -0.4 is 5.73 Å². The molecule has 3 rings (SSSR count). The maximum Gasteiger partial charge on any atom is 0.145 e. The minimum absolute atomic E-state index is 0.455. The predicted molar refractivity (Wildman–Crippen MR) is 79.4 cm³/mol. The average molecular weight is 292 g/mol. The number of anilines is 1. The van der Waals surface area contributed by atoms with Crippen molar-refractivity contribution in [3.8, 4) is 0 Å². The molecule has 1 aliphatic heterocycles. The molecule has 0 amide bonds. The summed E-state index contributed by atoms with van der Waals surface area (Å²) >= 11 is 6.15. The van der Waals surface area contributed by atoms with Gasteiger partial charge in [-0.2, -0.15) is 5.10 Å². The van der Waals surface area contributed by atoms with Gasteiger partial charge in [0.05, 0.1) is 11.1 Å². The molecule has 6 heteroatoms. The summed E-state index contributed by atoms with van der Waals surface area (Å²) in [6.45, 7) is 2.97. The summed E-state index contributed by atoms with van der Waals surface area (Å²) in [6.07, 6.45) is 7.64. The van der Waals surface area contributed by atoms with Gasteiger partial charge in [-0.25, -0.2) is 0 Å². The maximum atomic E-state index is 6.15. The first-order valence-electron chi connectivity index (χ1n) is 6.84. The lowest BCUT2D eigenvalue weighted by molar-refractivity contribution is 0.173. The second-order valence-electron chi connectivity index (χ2n) is 5.20. The van der Waals surface area contributed by atoms with Gasteiger partial charge in [0.2, 0.25) is 0 Å². The summed E-state index contributed by atoms with van der Waals surface area (Å²) < 4.78 is 1.99. The lowest BCUT2D eigenvalue weighted by Crippen LogP contribution is -2.34. The second kappa shape index (κ2) is 5.81. The summed E-state index contributed by atoms with van der Waals surface area (Å²) in [5.74, 6) is 0.594. The Bertz CT molecular complexity index is 574. The van der Waals surface area contributed by atoms with E-state index >= 15 is 0 Å². The lowest BCUT2D eigenvalue weighted by Gasteiger charge is -2.32. The van der Waals surface area contributed by atoms with Gasteiger partial charge >= 0.3 is 0 Å². The number of rotatable bonds is 3. The fourth-order valence-electron chi connectivity index (χ4n) is 2.67. The summed E-state index contributed by atoms with van der Waals surface area (Å²) in [4.78, 5) is 6.44. The first-order valence-corrected chi connectivity index (χ1v) is 7.21. The zero-order valence-corrected chi connectivity index (χ0v) is 12.0. The van der Waals surface area contributed by atoms with Crippen LogP contribution in [0.5, 0.6) is 0 Å². The number of piperidine rings is 1. The van der Waals surface area contributed by atoms with Crippen LogP contribution in [0.2, 0.25) is 5.02 Å². The van der Waals surface area contributed by atoms with Gasteiger partial charge in [0, 0.05) is 38.2 Å². The van der Waals surface area contributed by atoms with Gasteiger partial charge < -0.3 is 5.73 Å². The van der Waals surface area contributed by atoms with E-state index in [2.05, 4.69) is 15.0 Å². The van der Waals surface area contributed by atoms with Gasteiger partial charge in [-0.05, 0) is 30.5 Å². The van der Waals surface area contributed by atoms with Gasteiger partial charge in [-0.3, -0.25) is 14.6 Å². The molecule has 0 aliphatic carbocycles. The van der Waals surface area contributed by atoms with Crippen molar-refractivity contribution >= 4 is 17.4 Å². The van der Waals surface area contributed by atoms with E-state index in [1.807, 2.05) is 23.0 Å². The van der Waals surface area contributed by atoms with Crippen LogP contribution in [0.15, 0.2) is 30.7 Å². The second-order valence-corrected chi connectivity index (χ2v) is 5.60. The Hall–Kier alpha value is -1.59. The monoisotopic (exact) mass is 291 g/mol. The first kappa shape index (κ1) is 13.4. The lowest BCUT2D eigenvalue weighted by atomic mass is 10.0. The zero-order valence-electron chi connectivity index (χ0n) is 11.2. The molecular formula is C14H18ClN5. The van der Waals surface area contributed by atoms with Crippen LogP contribution in [0.25, 0.3) is 0 Å². The van der Waals surface area contributed by atoms with Crippen molar-refractivity contribution in [3.63, 3.8) is 0 Å². The Balaban J connectivity index is 1.58. The van der Waals surface area contributed by atoms with E-state index in [1.165, 1.54) is 0 Å². The third kappa shape index (κ3) is 2.94. The van der Waals surface area contributed by atoms with Crippen molar-refractivity contribution in [2.24, 2.45) is 0 Å². The van der Waals surface area contributed by atoms with Gasteiger partial charge in [0.15, 0.2) is 0 Å². The third-order valence-corrected chi connectivity index (χ3v) is 4.15. The Morgan fingerprint density at radius 2 is 2.10 bits per heavy atom. The molecule has 106 valence electrons. The Labute approximate surface area is 123 Å². The van der Waals surface area contributed by atoms with E-state index in [4.69, 9.17) is 17.3 Å². The van der Waals surface area contributed by atoms with E-state index in [0.29, 0.717) is 11.9 Å². The molecule has 3 heterocycles. The topological polar surface area (TPSA) is 60.0 Å². The molecule has 0 spiro atoms. The molecule has 1 aliphatic rings. The standard InChI is InChI=1S/C14H18ClN5/c15-13-9-17-5-1-11(13)10-19-6-2-12(3-7-19)20-8-4-14(16)18-20/h1,4-5,8-9,12H,2-3,6-7,10H2,(H2,16,18). The SMILES string of the molecule is Nc1ccn(C2CCN(Cc3ccncc3Cl)CC2)n1.